The van der Waals surface area contributed by atoms with Crippen molar-refractivity contribution < 1.29 is 34.3 Å². The van der Waals surface area contributed by atoms with Crippen LogP contribution < -0.4 is 0 Å². The Hall–Kier alpha value is -1.25. The van der Waals surface area contributed by atoms with E-state index in [0.717, 1.165) is 37.7 Å². The number of esters is 1. The Labute approximate surface area is 265 Å². The summed E-state index contributed by atoms with van der Waals surface area (Å²) in [5.74, 6) is 0.578. The van der Waals surface area contributed by atoms with Crippen LogP contribution in [0.3, 0.4) is 0 Å². The summed E-state index contributed by atoms with van der Waals surface area (Å²) in [5.41, 5.74) is -0.626. The van der Waals surface area contributed by atoms with Crippen LogP contribution in [0.1, 0.15) is 114 Å². The van der Waals surface area contributed by atoms with Crippen LogP contribution in [0, 0.1) is 45.3 Å². The first-order chi connectivity index (χ1) is 20.2. The first kappa shape index (κ1) is 34.1. The van der Waals surface area contributed by atoms with Gasteiger partial charge in [-0.25, -0.2) is 4.79 Å². The topological polar surface area (TPSA) is 105 Å². The fourth-order valence-corrected chi connectivity index (χ4v) is 11.7. The second kappa shape index (κ2) is 10.9. The van der Waals surface area contributed by atoms with Gasteiger partial charge in [0.1, 0.15) is 12.2 Å². The van der Waals surface area contributed by atoms with Crippen molar-refractivity contribution in [2.75, 3.05) is 7.11 Å². The predicted molar refractivity (Wildman–Crippen MR) is 170 cm³/mol. The van der Waals surface area contributed by atoms with Gasteiger partial charge in [0.25, 0.3) is 0 Å². The van der Waals surface area contributed by atoms with Crippen molar-refractivity contribution in [3.05, 3.63) is 23.3 Å². The number of aliphatic hydroxyl groups is 3. The van der Waals surface area contributed by atoms with Crippen molar-refractivity contribution in [2.45, 2.75) is 150 Å². The molecular formula is C37H60O7. The highest BCUT2D eigenvalue weighted by atomic mass is 16.7. The molecule has 1 aliphatic heterocycles. The Morgan fingerprint density at radius 1 is 1.09 bits per heavy atom. The molecule has 0 radical (unpaired) electrons. The lowest BCUT2D eigenvalue weighted by Crippen LogP contribution is -2.65. The van der Waals surface area contributed by atoms with Crippen LogP contribution in [0.4, 0.5) is 0 Å². The molecule has 1 saturated heterocycles. The van der Waals surface area contributed by atoms with Gasteiger partial charge >= 0.3 is 5.97 Å². The summed E-state index contributed by atoms with van der Waals surface area (Å²) in [4.78, 5) is 12.7. The summed E-state index contributed by atoms with van der Waals surface area (Å²) < 4.78 is 18.4. The summed E-state index contributed by atoms with van der Waals surface area (Å²) in [6.07, 6.45) is 7.85. The zero-order valence-corrected chi connectivity index (χ0v) is 29.2. The third-order valence-electron chi connectivity index (χ3n) is 13.7. The molecule has 5 aliphatic rings. The van der Waals surface area contributed by atoms with Crippen molar-refractivity contribution in [3.63, 3.8) is 0 Å². The Balaban J connectivity index is 1.43. The molecular weight excluding hydrogens is 556 g/mol. The SMILES string of the molecule is COC1OC(C)(C(O)C(C)(C)O)CC1C1CC=C2C1(C)CCC1C3(C)CCC(OC(=O)C=C(C)C)C(C)(C)C3CC(O)C21C. The number of fused-ring (bicyclic) bond motifs is 5. The Bertz CT molecular complexity index is 1190. The van der Waals surface area contributed by atoms with Crippen molar-refractivity contribution in [2.24, 2.45) is 45.3 Å². The van der Waals surface area contributed by atoms with E-state index in [-0.39, 0.29) is 51.5 Å². The Kier molecular flexibility index (Phi) is 8.45. The van der Waals surface area contributed by atoms with Crippen LogP contribution in [0.25, 0.3) is 0 Å². The molecule has 3 saturated carbocycles. The summed E-state index contributed by atoms with van der Waals surface area (Å²) in [6, 6.07) is 0. The second-order valence-corrected chi connectivity index (χ2v) is 17.5. The molecule has 5 rings (SSSR count). The van der Waals surface area contributed by atoms with Gasteiger partial charge in [-0.1, -0.05) is 51.8 Å². The van der Waals surface area contributed by atoms with E-state index in [1.54, 1.807) is 27.0 Å². The maximum atomic E-state index is 12.7. The summed E-state index contributed by atoms with van der Waals surface area (Å²) in [6.45, 7) is 20.6. The molecule has 4 aliphatic carbocycles. The lowest BCUT2D eigenvalue weighted by atomic mass is 9.37. The fourth-order valence-electron chi connectivity index (χ4n) is 11.7. The van der Waals surface area contributed by atoms with Gasteiger partial charge in [-0.3, -0.25) is 0 Å². The van der Waals surface area contributed by atoms with E-state index in [4.69, 9.17) is 14.2 Å². The lowest BCUT2D eigenvalue weighted by molar-refractivity contribution is -0.224. The highest BCUT2D eigenvalue weighted by Gasteiger charge is 2.69. The monoisotopic (exact) mass is 616 g/mol. The van der Waals surface area contributed by atoms with Gasteiger partial charge in [-0.05, 0) is 108 Å². The highest BCUT2D eigenvalue weighted by molar-refractivity contribution is 5.82. The molecule has 4 fully saturated rings. The molecule has 0 bridgehead atoms. The van der Waals surface area contributed by atoms with Gasteiger partial charge in [-0.15, -0.1) is 0 Å². The number of ether oxygens (including phenoxy) is 3. The normalized spacial score (nSPS) is 47.1. The molecule has 0 spiro atoms. The minimum absolute atomic E-state index is 0.0120. The lowest BCUT2D eigenvalue weighted by Gasteiger charge is -2.68. The quantitative estimate of drug-likeness (QED) is 0.182. The van der Waals surface area contributed by atoms with Gasteiger partial charge in [0.15, 0.2) is 6.29 Å². The van der Waals surface area contributed by atoms with E-state index in [9.17, 15) is 20.1 Å². The Morgan fingerprint density at radius 2 is 1.75 bits per heavy atom. The van der Waals surface area contributed by atoms with E-state index in [1.165, 1.54) is 5.57 Å². The first-order valence-corrected chi connectivity index (χ1v) is 17.0. The molecule has 7 nitrogen and oxygen atoms in total. The number of hydrogen-bond donors (Lipinski definition) is 3. The van der Waals surface area contributed by atoms with Crippen molar-refractivity contribution >= 4 is 5.97 Å². The summed E-state index contributed by atoms with van der Waals surface area (Å²) in [5, 5.41) is 34.0. The van der Waals surface area contributed by atoms with Crippen molar-refractivity contribution in [1.29, 1.82) is 0 Å². The van der Waals surface area contributed by atoms with Crippen molar-refractivity contribution in [1.82, 2.24) is 0 Å². The number of hydrogen-bond acceptors (Lipinski definition) is 7. The van der Waals surface area contributed by atoms with Gasteiger partial charge in [-0.2, -0.15) is 0 Å². The van der Waals surface area contributed by atoms with Gasteiger partial charge < -0.3 is 29.5 Å². The van der Waals surface area contributed by atoms with E-state index in [1.807, 2.05) is 20.8 Å². The van der Waals surface area contributed by atoms with Gasteiger partial charge in [0.05, 0.1) is 17.3 Å². The number of carbonyl (C=O) groups excluding carboxylic acids is 1. The average molecular weight is 617 g/mol. The van der Waals surface area contributed by atoms with Crippen LogP contribution in [-0.2, 0) is 19.0 Å². The van der Waals surface area contributed by atoms with E-state index in [0.29, 0.717) is 18.8 Å². The standard InChI is InChI=1S/C37H60O7/c1-21(2)18-29(39)43-28-15-17-35(8)25-14-16-34(7)23(22-20-36(9,44-30(22)42-11)31(40)33(5,6)41)12-13-24(34)37(25,10)27(38)19-26(35)32(28,3)4/h13,18,22-23,25-28,30-31,38,40-41H,12,14-17,19-20H2,1-11H3. The van der Waals surface area contributed by atoms with E-state index >= 15 is 0 Å². The van der Waals surface area contributed by atoms with Gasteiger partial charge in [0.2, 0.25) is 0 Å². The van der Waals surface area contributed by atoms with Crippen LogP contribution in [-0.4, -0.2) is 64.2 Å². The molecule has 7 heteroatoms. The molecule has 0 aromatic carbocycles. The second-order valence-electron chi connectivity index (χ2n) is 17.5. The van der Waals surface area contributed by atoms with E-state index < -0.39 is 29.7 Å². The zero-order valence-electron chi connectivity index (χ0n) is 29.2. The number of aliphatic hydroxyl groups excluding tert-OH is 2. The zero-order chi connectivity index (χ0) is 32.8. The molecule has 250 valence electrons. The number of methoxy groups -OCH3 is 1. The average Bonchev–Trinajstić information content (AvgIpc) is 3.44. The van der Waals surface area contributed by atoms with Crippen molar-refractivity contribution in [3.8, 4) is 0 Å². The largest absolute Gasteiger partial charge is 0.459 e. The first-order valence-electron chi connectivity index (χ1n) is 17.0. The number of allylic oxidation sites excluding steroid dienone is 2. The summed E-state index contributed by atoms with van der Waals surface area (Å²) in [7, 11) is 1.67. The minimum atomic E-state index is -1.30. The number of carbonyl (C=O) groups is 1. The molecule has 3 N–H and O–H groups in total. The van der Waals surface area contributed by atoms with Crippen LogP contribution in [0.2, 0.25) is 0 Å². The van der Waals surface area contributed by atoms with Crippen LogP contribution >= 0.6 is 0 Å². The smallest absolute Gasteiger partial charge is 0.330 e. The van der Waals surface area contributed by atoms with Crippen LogP contribution in [0.15, 0.2) is 23.3 Å². The highest BCUT2D eigenvalue weighted by Crippen LogP contribution is 2.73. The van der Waals surface area contributed by atoms with Crippen LogP contribution in [0.5, 0.6) is 0 Å². The third kappa shape index (κ3) is 4.98. The minimum Gasteiger partial charge on any atom is -0.459 e. The third-order valence-corrected chi connectivity index (χ3v) is 13.7. The molecule has 44 heavy (non-hydrogen) atoms. The number of rotatable bonds is 6. The predicted octanol–water partition coefficient (Wildman–Crippen LogP) is 6.34. The maximum absolute atomic E-state index is 12.7. The molecule has 12 unspecified atom stereocenters. The van der Waals surface area contributed by atoms with E-state index in [2.05, 4.69) is 40.7 Å². The Morgan fingerprint density at radius 3 is 2.34 bits per heavy atom. The molecule has 0 aromatic heterocycles. The molecule has 0 amide bonds. The van der Waals surface area contributed by atoms with Gasteiger partial charge in [0, 0.05) is 29.9 Å². The fraction of sp³-hybridized carbons (Fsp3) is 0.865. The molecule has 1 heterocycles. The molecule has 0 aromatic rings. The molecule has 12 atom stereocenters. The summed E-state index contributed by atoms with van der Waals surface area (Å²) >= 11 is 0. The maximum Gasteiger partial charge on any atom is 0.330 e.